The normalized spacial score (nSPS) is 23.5. The van der Waals surface area contributed by atoms with Crippen molar-refractivity contribution in [3.63, 3.8) is 0 Å². The minimum atomic E-state index is 0.387. The Hall–Kier alpha value is -0.420. The Kier molecular flexibility index (Phi) is 5.39. The maximum atomic E-state index is 3.66. The van der Waals surface area contributed by atoms with Crippen molar-refractivity contribution in [2.45, 2.75) is 19.0 Å². The van der Waals surface area contributed by atoms with Crippen LogP contribution in [0, 0.1) is 0 Å². The Balaban J connectivity index is 1.87. The summed E-state index contributed by atoms with van der Waals surface area (Å²) in [5.41, 5.74) is 1.33. The van der Waals surface area contributed by atoms with Gasteiger partial charge in [-0.05, 0) is 38.7 Å². The zero-order chi connectivity index (χ0) is 13.8. The molecule has 2 unspecified atom stereocenters. The molecule has 1 saturated heterocycles. The third-order valence-electron chi connectivity index (χ3n) is 3.99. The molecule has 0 amide bonds. The molecule has 1 aliphatic heterocycles. The first-order valence-corrected chi connectivity index (χ1v) is 7.73. The fourth-order valence-corrected chi connectivity index (χ4v) is 2.95. The second kappa shape index (κ2) is 6.84. The fourth-order valence-electron chi connectivity index (χ4n) is 2.53. The zero-order valence-electron chi connectivity index (χ0n) is 12.1. The van der Waals surface area contributed by atoms with E-state index in [1.165, 1.54) is 12.1 Å². The Morgan fingerprint density at radius 3 is 2.89 bits per heavy atom. The van der Waals surface area contributed by atoms with Crippen molar-refractivity contribution in [2.75, 3.05) is 40.3 Å². The van der Waals surface area contributed by atoms with Gasteiger partial charge in [-0.2, -0.15) is 0 Å². The van der Waals surface area contributed by atoms with Gasteiger partial charge in [0.2, 0.25) is 0 Å². The molecule has 106 valence electrons. The molecular weight excluding hydrogens is 302 g/mol. The SMILES string of the molecule is CC(NCC1CN(C)CCN1C)c1cccc(Br)c1. The highest BCUT2D eigenvalue weighted by Gasteiger charge is 2.22. The molecule has 0 radical (unpaired) electrons. The van der Waals surface area contributed by atoms with Crippen LogP contribution in [0.25, 0.3) is 0 Å². The summed E-state index contributed by atoms with van der Waals surface area (Å²) in [6.07, 6.45) is 0. The molecule has 1 heterocycles. The monoisotopic (exact) mass is 325 g/mol. The predicted molar refractivity (Wildman–Crippen MR) is 84.5 cm³/mol. The molecule has 1 N–H and O–H groups in total. The number of likely N-dealkylation sites (N-methyl/N-ethyl adjacent to an activating group) is 2. The van der Waals surface area contributed by atoms with Crippen molar-refractivity contribution in [3.8, 4) is 0 Å². The molecule has 0 aromatic heterocycles. The van der Waals surface area contributed by atoms with Gasteiger partial charge >= 0.3 is 0 Å². The summed E-state index contributed by atoms with van der Waals surface area (Å²) >= 11 is 3.53. The molecule has 4 heteroatoms. The number of hydrogen-bond donors (Lipinski definition) is 1. The average molecular weight is 326 g/mol. The van der Waals surface area contributed by atoms with Crippen molar-refractivity contribution in [1.29, 1.82) is 0 Å². The van der Waals surface area contributed by atoms with Crippen LogP contribution in [0.15, 0.2) is 28.7 Å². The molecule has 1 aliphatic rings. The molecule has 1 aromatic rings. The molecule has 19 heavy (non-hydrogen) atoms. The van der Waals surface area contributed by atoms with Crippen LogP contribution >= 0.6 is 15.9 Å². The van der Waals surface area contributed by atoms with Crippen LogP contribution in [0.4, 0.5) is 0 Å². The van der Waals surface area contributed by atoms with Gasteiger partial charge in [-0.25, -0.2) is 0 Å². The lowest BCUT2D eigenvalue weighted by molar-refractivity contribution is 0.112. The number of rotatable bonds is 4. The van der Waals surface area contributed by atoms with Crippen LogP contribution < -0.4 is 5.32 Å². The van der Waals surface area contributed by atoms with E-state index in [-0.39, 0.29) is 0 Å². The summed E-state index contributed by atoms with van der Waals surface area (Å²) in [6.45, 7) is 6.75. The molecule has 1 aromatic carbocycles. The average Bonchev–Trinajstić information content (AvgIpc) is 2.39. The van der Waals surface area contributed by atoms with E-state index in [0.717, 1.165) is 24.1 Å². The van der Waals surface area contributed by atoms with Gasteiger partial charge in [-0.1, -0.05) is 28.1 Å². The highest BCUT2D eigenvalue weighted by molar-refractivity contribution is 9.10. The van der Waals surface area contributed by atoms with Crippen LogP contribution in [-0.4, -0.2) is 56.1 Å². The summed E-state index contributed by atoms with van der Waals surface area (Å²) in [6, 6.07) is 9.53. The van der Waals surface area contributed by atoms with Gasteiger partial charge in [0.25, 0.3) is 0 Å². The molecule has 0 spiro atoms. The molecule has 2 rings (SSSR count). The fraction of sp³-hybridized carbons (Fsp3) is 0.600. The zero-order valence-corrected chi connectivity index (χ0v) is 13.7. The molecule has 1 fully saturated rings. The van der Waals surface area contributed by atoms with E-state index >= 15 is 0 Å². The van der Waals surface area contributed by atoms with Crippen LogP contribution in [0.5, 0.6) is 0 Å². The minimum Gasteiger partial charge on any atom is -0.309 e. The molecule has 0 bridgehead atoms. The molecule has 0 aliphatic carbocycles. The number of benzene rings is 1. The van der Waals surface area contributed by atoms with E-state index in [0.29, 0.717) is 12.1 Å². The topological polar surface area (TPSA) is 18.5 Å². The van der Waals surface area contributed by atoms with E-state index in [4.69, 9.17) is 0 Å². The number of nitrogens with one attached hydrogen (secondary N) is 1. The summed E-state index contributed by atoms with van der Waals surface area (Å²) in [5, 5.41) is 3.66. The van der Waals surface area contributed by atoms with Gasteiger partial charge in [-0.15, -0.1) is 0 Å². The van der Waals surface area contributed by atoms with Gasteiger partial charge in [-0.3, -0.25) is 4.90 Å². The summed E-state index contributed by atoms with van der Waals surface area (Å²) in [5.74, 6) is 0. The van der Waals surface area contributed by atoms with Gasteiger partial charge in [0.15, 0.2) is 0 Å². The summed E-state index contributed by atoms with van der Waals surface area (Å²) in [7, 11) is 4.43. The number of halogens is 1. The first kappa shape index (κ1) is 15.0. The summed E-state index contributed by atoms with van der Waals surface area (Å²) in [4.78, 5) is 4.87. The maximum absolute atomic E-state index is 3.66. The number of hydrogen-bond acceptors (Lipinski definition) is 3. The van der Waals surface area contributed by atoms with Crippen molar-refractivity contribution in [1.82, 2.24) is 15.1 Å². The van der Waals surface area contributed by atoms with Gasteiger partial charge in [0, 0.05) is 42.7 Å². The lowest BCUT2D eigenvalue weighted by atomic mass is 10.1. The molecule has 3 nitrogen and oxygen atoms in total. The highest BCUT2D eigenvalue weighted by Crippen LogP contribution is 2.18. The smallest absolute Gasteiger partial charge is 0.0345 e. The molecule has 2 atom stereocenters. The van der Waals surface area contributed by atoms with Gasteiger partial charge in [0.1, 0.15) is 0 Å². The van der Waals surface area contributed by atoms with Gasteiger partial charge in [0.05, 0.1) is 0 Å². The van der Waals surface area contributed by atoms with E-state index in [1.807, 2.05) is 0 Å². The lowest BCUT2D eigenvalue weighted by Gasteiger charge is -2.38. The Morgan fingerprint density at radius 2 is 2.16 bits per heavy atom. The number of nitrogens with zero attached hydrogens (tertiary/aromatic N) is 2. The third-order valence-corrected chi connectivity index (χ3v) is 4.48. The largest absolute Gasteiger partial charge is 0.309 e. The van der Waals surface area contributed by atoms with E-state index in [9.17, 15) is 0 Å². The summed E-state index contributed by atoms with van der Waals surface area (Å²) < 4.78 is 1.15. The van der Waals surface area contributed by atoms with Crippen LogP contribution in [-0.2, 0) is 0 Å². The van der Waals surface area contributed by atoms with E-state index in [2.05, 4.69) is 76.3 Å². The van der Waals surface area contributed by atoms with Crippen molar-refractivity contribution < 1.29 is 0 Å². The second-order valence-electron chi connectivity index (χ2n) is 5.58. The first-order chi connectivity index (χ1) is 9.06. The molecular formula is C15H24BrN3. The Bertz CT molecular complexity index is 410. The quantitative estimate of drug-likeness (QED) is 0.916. The van der Waals surface area contributed by atoms with Crippen molar-refractivity contribution >= 4 is 15.9 Å². The number of piperazine rings is 1. The van der Waals surface area contributed by atoms with E-state index < -0.39 is 0 Å². The Morgan fingerprint density at radius 1 is 1.37 bits per heavy atom. The van der Waals surface area contributed by atoms with Crippen LogP contribution in [0.2, 0.25) is 0 Å². The van der Waals surface area contributed by atoms with Crippen molar-refractivity contribution in [3.05, 3.63) is 34.3 Å². The van der Waals surface area contributed by atoms with Gasteiger partial charge < -0.3 is 10.2 Å². The third kappa shape index (κ3) is 4.28. The molecule has 0 saturated carbocycles. The van der Waals surface area contributed by atoms with Crippen molar-refractivity contribution in [2.24, 2.45) is 0 Å². The van der Waals surface area contributed by atoms with Crippen LogP contribution in [0.3, 0.4) is 0 Å². The second-order valence-corrected chi connectivity index (χ2v) is 6.50. The van der Waals surface area contributed by atoms with E-state index in [1.54, 1.807) is 0 Å². The first-order valence-electron chi connectivity index (χ1n) is 6.94. The minimum absolute atomic E-state index is 0.387. The predicted octanol–water partition coefficient (Wildman–Crippen LogP) is 2.35. The standard InChI is InChI=1S/C15H24BrN3/c1-12(13-5-4-6-14(16)9-13)17-10-15-11-18(2)7-8-19(15)3/h4-6,9,12,15,17H,7-8,10-11H2,1-3H3. The van der Waals surface area contributed by atoms with Crippen LogP contribution in [0.1, 0.15) is 18.5 Å². The maximum Gasteiger partial charge on any atom is 0.0345 e. The highest BCUT2D eigenvalue weighted by atomic mass is 79.9. The lowest BCUT2D eigenvalue weighted by Crippen LogP contribution is -2.53. The Labute approximate surface area is 125 Å².